The Kier molecular flexibility index (Phi) is 8.13. The molecule has 0 unspecified atom stereocenters. The van der Waals surface area contributed by atoms with E-state index in [1.807, 2.05) is 13.0 Å². The van der Waals surface area contributed by atoms with E-state index in [-0.39, 0.29) is 11.9 Å². The molecule has 29 heavy (non-hydrogen) atoms. The van der Waals surface area contributed by atoms with Gasteiger partial charge >= 0.3 is 0 Å². The van der Waals surface area contributed by atoms with Gasteiger partial charge in [-0.3, -0.25) is 4.79 Å². The monoisotopic (exact) mass is 401 g/mol. The normalized spacial score (nSPS) is 19.3. The van der Waals surface area contributed by atoms with Crippen molar-refractivity contribution in [3.8, 4) is 0 Å². The Morgan fingerprint density at radius 3 is 2.45 bits per heavy atom. The number of hydrogen-bond acceptors (Lipinski definition) is 5. The zero-order valence-electron chi connectivity index (χ0n) is 18.5. The number of carbonyl (C=O) groups excluding carboxylic acids is 1. The third-order valence-corrected chi connectivity index (χ3v) is 6.18. The number of aryl methyl sites for hydroxylation is 1. The first-order valence-electron chi connectivity index (χ1n) is 11.7. The first-order valence-corrected chi connectivity index (χ1v) is 11.7. The van der Waals surface area contributed by atoms with Crippen LogP contribution in [0, 0.1) is 18.8 Å². The van der Waals surface area contributed by atoms with Crippen LogP contribution in [-0.2, 0) is 4.79 Å². The van der Waals surface area contributed by atoms with E-state index < -0.39 is 0 Å². The maximum Gasteiger partial charge on any atom is 0.242 e. The molecule has 2 aliphatic carbocycles. The van der Waals surface area contributed by atoms with Crippen LogP contribution < -0.4 is 16.0 Å². The second-order valence-corrected chi connectivity index (χ2v) is 9.42. The number of anilines is 2. The molecule has 1 heterocycles. The molecule has 0 aromatic carbocycles. The SMILES string of the molecule is Cc1cc(N[C@@H](CC(C)C)C(=O)NC2CCCC2)nc(NCC2CCCCC2)n1. The number of aromatic nitrogens is 2. The molecule has 3 N–H and O–H groups in total. The quantitative estimate of drug-likeness (QED) is 0.561. The van der Waals surface area contributed by atoms with Crippen molar-refractivity contribution in [3.05, 3.63) is 11.8 Å². The van der Waals surface area contributed by atoms with Crippen molar-refractivity contribution < 1.29 is 4.79 Å². The lowest BCUT2D eigenvalue weighted by atomic mass is 9.89. The van der Waals surface area contributed by atoms with Crippen LogP contribution in [0.1, 0.15) is 83.7 Å². The molecule has 1 amide bonds. The van der Waals surface area contributed by atoms with Crippen LogP contribution in [0.15, 0.2) is 6.07 Å². The minimum Gasteiger partial charge on any atom is -0.358 e. The van der Waals surface area contributed by atoms with Crippen molar-refractivity contribution in [2.45, 2.75) is 97.1 Å². The van der Waals surface area contributed by atoms with Crippen molar-refractivity contribution in [2.75, 3.05) is 17.2 Å². The molecule has 1 aromatic rings. The summed E-state index contributed by atoms with van der Waals surface area (Å²) in [6.07, 6.45) is 12.0. The summed E-state index contributed by atoms with van der Waals surface area (Å²) in [5.41, 5.74) is 0.910. The molecule has 6 nitrogen and oxygen atoms in total. The van der Waals surface area contributed by atoms with E-state index in [9.17, 15) is 4.79 Å². The molecule has 2 saturated carbocycles. The summed E-state index contributed by atoms with van der Waals surface area (Å²) < 4.78 is 0. The zero-order chi connectivity index (χ0) is 20.6. The molecule has 1 atom stereocenters. The van der Waals surface area contributed by atoms with Crippen LogP contribution >= 0.6 is 0 Å². The summed E-state index contributed by atoms with van der Waals surface area (Å²) >= 11 is 0. The lowest BCUT2D eigenvalue weighted by molar-refractivity contribution is -0.122. The predicted octanol–water partition coefficient (Wildman–Crippen LogP) is 4.66. The predicted molar refractivity (Wildman–Crippen MR) is 119 cm³/mol. The molecule has 2 fully saturated rings. The first-order chi connectivity index (χ1) is 14.0. The molecule has 2 aliphatic rings. The number of rotatable bonds is 9. The fraction of sp³-hybridized carbons (Fsp3) is 0.783. The maximum atomic E-state index is 12.9. The Balaban J connectivity index is 1.62. The molecule has 162 valence electrons. The maximum absolute atomic E-state index is 12.9. The first kappa shape index (κ1) is 21.8. The molecule has 0 radical (unpaired) electrons. The lowest BCUT2D eigenvalue weighted by Crippen LogP contribution is -2.44. The van der Waals surface area contributed by atoms with E-state index in [0.717, 1.165) is 43.2 Å². The molecule has 6 heteroatoms. The van der Waals surface area contributed by atoms with E-state index in [1.165, 1.54) is 44.9 Å². The van der Waals surface area contributed by atoms with Crippen molar-refractivity contribution >= 4 is 17.7 Å². The summed E-state index contributed by atoms with van der Waals surface area (Å²) in [7, 11) is 0. The standard InChI is InChI=1S/C23H39N5O/c1-16(2)13-20(22(29)26-19-11-7-8-12-19)27-21-14-17(3)25-23(28-21)24-15-18-9-5-4-6-10-18/h14,16,18-20H,4-13,15H2,1-3H3,(H,26,29)(H2,24,25,27,28)/t20-/m0/s1. The molecular weight excluding hydrogens is 362 g/mol. The van der Waals surface area contributed by atoms with Gasteiger partial charge in [-0.1, -0.05) is 46.0 Å². The van der Waals surface area contributed by atoms with Gasteiger partial charge in [0.2, 0.25) is 11.9 Å². The molecule has 0 spiro atoms. The van der Waals surface area contributed by atoms with Crippen molar-refractivity contribution in [3.63, 3.8) is 0 Å². The Bertz CT molecular complexity index is 651. The highest BCUT2D eigenvalue weighted by molar-refractivity contribution is 5.84. The molecule has 0 saturated heterocycles. The minimum absolute atomic E-state index is 0.0959. The van der Waals surface area contributed by atoms with Gasteiger partial charge in [0.15, 0.2) is 0 Å². The van der Waals surface area contributed by atoms with Gasteiger partial charge in [0.25, 0.3) is 0 Å². The molecule has 1 aromatic heterocycles. The molecule has 0 bridgehead atoms. The van der Waals surface area contributed by atoms with Crippen LogP contribution in [-0.4, -0.2) is 34.5 Å². The zero-order valence-corrected chi connectivity index (χ0v) is 18.5. The van der Waals surface area contributed by atoms with Crippen LogP contribution in [0.25, 0.3) is 0 Å². The second kappa shape index (κ2) is 10.8. The Morgan fingerprint density at radius 1 is 1.07 bits per heavy atom. The van der Waals surface area contributed by atoms with E-state index in [1.54, 1.807) is 0 Å². The summed E-state index contributed by atoms with van der Waals surface area (Å²) in [5.74, 6) is 2.64. The van der Waals surface area contributed by atoms with Gasteiger partial charge in [-0.05, 0) is 50.9 Å². The highest BCUT2D eigenvalue weighted by Crippen LogP contribution is 2.24. The minimum atomic E-state index is -0.268. The Morgan fingerprint density at radius 2 is 1.76 bits per heavy atom. The van der Waals surface area contributed by atoms with E-state index in [4.69, 9.17) is 0 Å². The van der Waals surface area contributed by atoms with Gasteiger partial charge in [0.05, 0.1) is 0 Å². The van der Waals surface area contributed by atoms with Gasteiger partial charge in [-0.25, -0.2) is 4.98 Å². The van der Waals surface area contributed by atoms with Crippen LogP contribution in [0.2, 0.25) is 0 Å². The topological polar surface area (TPSA) is 78.9 Å². The highest BCUT2D eigenvalue weighted by Gasteiger charge is 2.25. The van der Waals surface area contributed by atoms with Crippen molar-refractivity contribution in [2.24, 2.45) is 11.8 Å². The number of nitrogens with one attached hydrogen (secondary N) is 3. The van der Waals surface area contributed by atoms with Crippen LogP contribution in [0.3, 0.4) is 0 Å². The van der Waals surface area contributed by atoms with Crippen molar-refractivity contribution in [1.82, 2.24) is 15.3 Å². The second-order valence-electron chi connectivity index (χ2n) is 9.42. The highest BCUT2D eigenvalue weighted by atomic mass is 16.2. The largest absolute Gasteiger partial charge is 0.358 e. The Hall–Kier alpha value is -1.85. The third-order valence-electron chi connectivity index (χ3n) is 6.18. The average molecular weight is 402 g/mol. The van der Waals surface area contributed by atoms with E-state index >= 15 is 0 Å². The molecule has 3 rings (SSSR count). The third kappa shape index (κ3) is 7.16. The van der Waals surface area contributed by atoms with Gasteiger partial charge < -0.3 is 16.0 Å². The van der Waals surface area contributed by atoms with Gasteiger partial charge in [0, 0.05) is 24.3 Å². The van der Waals surface area contributed by atoms with Gasteiger partial charge in [-0.2, -0.15) is 4.98 Å². The average Bonchev–Trinajstić information content (AvgIpc) is 3.19. The number of nitrogens with zero attached hydrogens (tertiary/aromatic N) is 2. The van der Waals surface area contributed by atoms with E-state index in [0.29, 0.717) is 17.9 Å². The van der Waals surface area contributed by atoms with E-state index in [2.05, 4.69) is 39.8 Å². The smallest absolute Gasteiger partial charge is 0.242 e. The molecule has 0 aliphatic heterocycles. The fourth-order valence-corrected chi connectivity index (χ4v) is 4.60. The lowest BCUT2D eigenvalue weighted by Gasteiger charge is -2.24. The van der Waals surface area contributed by atoms with Gasteiger partial charge in [-0.15, -0.1) is 0 Å². The fourth-order valence-electron chi connectivity index (χ4n) is 4.60. The van der Waals surface area contributed by atoms with Crippen molar-refractivity contribution in [1.29, 1.82) is 0 Å². The van der Waals surface area contributed by atoms with Crippen LogP contribution in [0.5, 0.6) is 0 Å². The number of amides is 1. The Labute approximate surface area is 176 Å². The summed E-state index contributed by atoms with van der Waals surface area (Å²) in [6.45, 7) is 7.22. The summed E-state index contributed by atoms with van der Waals surface area (Å²) in [6, 6.07) is 2.00. The van der Waals surface area contributed by atoms with Crippen LogP contribution in [0.4, 0.5) is 11.8 Å². The number of carbonyl (C=O) groups is 1. The summed E-state index contributed by atoms with van der Waals surface area (Å²) in [5, 5.41) is 10.1. The molecular formula is C23H39N5O. The number of hydrogen-bond donors (Lipinski definition) is 3. The summed E-state index contributed by atoms with van der Waals surface area (Å²) in [4.78, 5) is 22.1. The van der Waals surface area contributed by atoms with Gasteiger partial charge in [0.1, 0.15) is 11.9 Å².